The van der Waals surface area contributed by atoms with E-state index in [1.807, 2.05) is 17.5 Å². The fourth-order valence-electron chi connectivity index (χ4n) is 1.85. The van der Waals surface area contributed by atoms with E-state index in [1.54, 1.807) is 11.3 Å². The minimum absolute atomic E-state index is 0.237. The van der Waals surface area contributed by atoms with Crippen LogP contribution in [0.15, 0.2) is 23.8 Å². The number of hydrogen-bond acceptors (Lipinski definition) is 4. The summed E-state index contributed by atoms with van der Waals surface area (Å²) in [4.78, 5) is 32.7. The highest BCUT2D eigenvalue weighted by Gasteiger charge is 2.37. The molecule has 86 valence electrons. The quantitative estimate of drug-likeness (QED) is 0.832. The van der Waals surface area contributed by atoms with Crippen LogP contribution in [0, 0.1) is 0 Å². The number of thiophene rings is 1. The molecule has 0 unspecified atom stereocenters. The number of rotatable bonds is 3. The predicted octanol–water partition coefficient (Wildman–Crippen LogP) is 1.31. The largest absolute Gasteiger partial charge is 0.340 e. The Balaban J connectivity index is 1.76. The molecule has 1 aliphatic rings. The summed E-state index contributed by atoms with van der Waals surface area (Å²) in [7, 11) is 0. The van der Waals surface area contributed by atoms with Gasteiger partial charge in [0.05, 0.1) is 6.33 Å². The smallest absolute Gasteiger partial charge is 0.281 e. The first-order chi connectivity index (χ1) is 8.27. The number of carbonyl (C=O) groups excluding carboxylic acids is 2. The Morgan fingerprint density at radius 2 is 2.24 bits per heavy atom. The lowest BCUT2D eigenvalue weighted by Gasteiger charge is -2.12. The van der Waals surface area contributed by atoms with Crippen LogP contribution in [0.5, 0.6) is 0 Å². The predicted molar refractivity (Wildman–Crippen MR) is 62.0 cm³/mol. The number of fused-ring (bicyclic) bond motifs is 1. The molecule has 0 bridgehead atoms. The van der Waals surface area contributed by atoms with Crippen LogP contribution in [0.2, 0.25) is 0 Å². The number of imide groups is 1. The molecule has 1 aliphatic heterocycles. The van der Waals surface area contributed by atoms with Crippen LogP contribution >= 0.6 is 11.3 Å². The summed E-state index contributed by atoms with van der Waals surface area (Å²) in [5.74, 6) is -0.582. The molecule has 3 rings (SSSR count). The van der Waals surface area contributed by atoms with Crippen molar-refractivity contribution in [2.45, 2.75) is 6.42 Å². The van der Waals surface area contributed by atoms with Crippen molar-refractivity contribution in [1.82, 2.24) is 14.9 Å². The van der Waals surface area contributed by atoms with E-state index >= 15 is 0 Å². The van der Waals surface area contributed by atoms with Gasteiger partial charge in [0, 0.05) is 11.4 Å². The van der Waals surface area contributed by atoms with Crippen molar-refractivity contribution in [3.63, 3.8) is 0 Å². The van der Waals surface area contributed by atoms with Crippen LogP contribution in [-0.4, -0.2) is 33.2 Å². The first kappa shape index (κ1) is 10.2. The van der Waals surface area contributed by atoms with Crippen molar-refractivity contribution < 1.29 is 9.59 Å². The second kappa shape index (κ2) is 3.81. The summed E-state index contributed by atoms with van der Waals surface area (Å²) in [5.41, 5.74) is 0.544. The fourth-order valence-corrected chi connectivity index (χ4v) is 2.55. The van der Waals surface area contributed by atoms with Gasteiger partial charge in [-0.1, -0.05) is 6.07 Å². The fraction of sp³-hybridized carbons (Fsp3) is 0.182. The number of aromatic nitrogens is 2. The molecule has 3 heterocycles. The second-order valence-electron chi connectivity index (χ2n) is 3.72. The van der Waals surface area contributed by atoms with Gasteiger partial charge in [0.15, 0.2) is 5.69 Å². The van der Waals surface area contributed by atoms with E-state index in [9.17, 15) is 9.59 Å². The lowest BCUT2D eigenvalue weighted by Crippen LogP contribution is -2.32. The Kier molecular flexibility index (Phi) is 2.29. The number of hydrogen-bond donors (Lipinski definition) is 1. The third-order valence-corrected chi connectivity index (χ3v) is 3.64. The average Bonchev–Trinajstić information content (AvgIpc) is 3.01. The van der Waals surface area contributed by atoms with Gasteiger partial charge in [-0.2, -0.15) is 0 Å². The minimum atomic E-state index is -0.303. The van der Waals surface area contributed by atoms with Crippen molar-refractivity contribution in [2.24, 2.45) is 0 Å². The maximum atomic E-state index is 11.9. The van der Waals surface area contributed by atoms with Gasteiger partial charge in [0.25, 0.3) is 11.8 Å². The molecule has 0 spiro atoms. The molecule has 0 atom stereocenters. The van der Waals surface area contributed by atoms with Gasteiger partial charge in [0.1, 0.15) is 5.69 Å². The van der Waals surface area contributed by atoms with E-state index in [0.29, 0.717) is 18.7 Å². The average molecular weight is 247 g/mol. The topological polar surface area (TPSA) is 66.1 Å². The van der Waals surface area contributed by atoms with E-state index in [4.69, 9.17) is 0 Å². The van der Waals surface area contributed by atoms with Gasteiger partial charge in [0.2, 0.25) is 0 Å². The Hall–Kier alpha value is -1.95. The molecule has 0 saturated carbocycles. The molecule has 6 heteroatoms. The van der Waals surface area contributed by atoms with Gasteiger partial charge in [-0.15, -0.1) is 11.3 Å². The highest BCUT2D eigenvalue weighted by molar-refractivity contribution is 7.09. The van der Waals surface area contributed by atoms with Gasteiger partial charge < -0.3 is 4.98 Å². The van der Waals surface area contributed by atoms with Crippen molar-refractivity contribution in [2.75, 3.05) is 6.54 Å². The Morgan fingerprint density at radius 3 is 2.94 bits per heavy atom. The lowest BCUT2D eigenvalue weighted by atomic mass is 10.3. The maximum absolute atomic E-state index is 11.9. The van der Waals surface area contributed by atoms with Crippen LogP contribution in [0.4, 0.5) is 0 Å². The molecule has 0 radical (unpaired) electrons. The van der Waals surface area contributed by atoms with Crippen molar-refractivity contribution in [3.05, 3.63) is 40.1 Å². The summed E-state index contributed by atoms with van der Waals surface area (Å²) < 4.78 is 0. The highest BCUT2D eigenvalue weighted by Crippen LogP contribution is 2.20. The second-order valence-corrected chi connectivity index (χ2v) is 4.75. The normalized spacial score (nSPS) is 14.5. The molecular formula is C11H9N3O2S. The third kappa shape index (κ3) is 1.57. The zero-order chi connectivity index (χ0) is 11.8. The summed E-state index contributed by atoms with van der Waals surface area (Å²) in [6, 6.07) is 3.95. The number of aromatic amines is 1. The highest BCUT2D eigenvalue weighted by atomic mass is 32.1. The number of carbonyl (C=O) groups is 2. The molecular weight excluding hydrogens is 238 g/mol. The first-order valence-corrected chi connectivity index (χ1v) is 6.07. The van der Waals surface area contributed by atoms with Crippen LogP contribution in [-0.2, 0) is 6.42 Å². The standard InChI is InChI=1S/C11H9N3O2S/c15-10-8-9(13-6-12-8)11(16)14(10)4-3-7-2-1-5-17-7/h1-2,5-6H,3-4H2,(H,12,13). The molecule has 1 N–H and O–H groups in total. The molecule has 0 aliphatic carbocycles. The molecule has 0 fully saturated rings. The number of amides is 2. The van der Waals surface area contributed by atoms with Gasteiger partial charge >= 0.3 is 0 Å². The summed E-state index contributed by atoms with van der Waals surface area (Å²) >= 11 is 1.62. The number of imidazole rings is 1. The molecule has 0 aromatic carbocycles. The summed E-state index contributed by atoms with van der Waals surface area (Å²) in [6.45, 7) is 0.405. The number of nitrogens with one attached hydrogen (secondary N) is 1. The Bertz CT molecular complexity index is 543. The van der Waals surface area contributed by atoms with Crippen molar-refractivity contribution >= 4 is 23.2 Å². The third-order valence-electron chi connectivity index (χ3n) is 2.71. The number of nitrogens with zero attached hydrogens (tertiary/aromatic N) is 2. The van der Waals surface area contributed by atoms with E-state index < -0.39 is 0 Å². The SMILES string of the molecule is O=C1c2nc[nH]c2C(=O)N1CCc1cccs1. The van der Waals surface area contributed by atoms with Gasteiger partial charge in [-0.25, -0.2) is 4.98 Å². The molecule has 2 aromatic heterocycles. The molecule has 2 aromatic rings. The molecule has 17 heavy (non-hydrogen) atoms. The molecule has 0 saturated heterocycles. The molecule has 2 amide bonds. The van der Waals surface area contributed by atoms with Crippen LogP contribution in [0.3, 0.4) is 0 Å². The Labute approximate surface area is 101 Å². The Morgan fingerprint density at radius 1 is 1.35 bits per heavy atom. The molecule has 5 nitrogen and oxygen atoms in total. The maximum Gasteiger partial charge on any atom is 0.281 e. The van der Waals surface area contributed by atoms with Crippen LogP contribution < -0.4 is 0 Å². The lowest BCUT2D eigenvalue weighted by molar-refractivity contribution is 0.0651. The van der Waals surface area contributed by atoms with E-state index in [2.05, 4.69) is 9.97 Å². The zero-order valence-corrected chi connectivity index (χ0v) is 9.66. The summed E-state index contributed by atoms with van der Waals surface area (Å²) in [5, 5.41) is 1.98. The minimum Gasteiger partial charge on any atom is -0.340 e. The first-order valence-electron chi connectivity index (χ1n) is 5.19. The van der Waals surface area contributed by atoms with E-state index in [1.165, 1.54) is 11.2 Å². The van der Waals surface area contributed by atoms with E-state index in [0.717, 1.165) is 4.88 Å². The van der Waals surface area contributed by atoms with Crippen LogP contribution in [0.25, 0.3) is 0 Å². The number of H-pyrrole nitrogens is 1. The monoisotopic (exact) mass is 247 g/mol. The van der Waals surface area contributed by atoms with Crippen LogP contribution in [0.1, 0.15) is 25.9 Å². The van der Waals surface area contributed by atoms with E-state index in [-0.39, 0.29) is 17.5 Å². The van der Waals surface area contributed by atoms with Crippen molar-refractivity contribution in [3.8, 4) is 0 Å². The van der Waals surface area contributed by atoms with Gasteiger partial charge in [-0.3, -0.25) is 14.5 Å². The summed E-state index contributed by atoms with van der Waals surface area (Å²) in [6.07, 6.45) is 2.07. The zero-order valence-electron chi connectivity index (χ0n) is 8.84. The van der Waals surface area contributed by atoms with Crippen molar-refractivity contribution in [1.29, 1.82) is 0 Å². The van der Waals surface area contributed by atoms with Gasteiger partial charge in [-0.05, 0) is 17.9 Å².